The number of fused-ring (bicyclic) bond motifs is 1. The summed E-state index contributed by atoms with van der Waals surface area (Å²) in [5, 5.41) is 4.10. The van der Waals surface area contributed by atoms with Gasteiger partial charge in [0.05, 0.1) is 16.7 Å². The fourth-order valence-corrected chi connectivity index (χ4v) is 4.72. The molecule has 7 nitrogen and oxygen atoms in total. The maximum atomic E-state index is 6.95. The molecule has 1 saturated carbocycles. The van der Waals surface area contributed by atoms with Crippen molar-refractivity contribution in [2.24, 2.45) is 11.5 Å². The third-order valence-electron chi connectivity index (χ3n) is 6.48. The molecule has 0 unspecified atom stereocenters. The van der Waals surface area contributed by atoms with E-state index in [-0.39, 0.29) is 6.04 Å². The van der Waals surface area contributed by atoms with Gasteiger partial charge in [0, 0.05) is 29.9 Å². The summed E-state index contributed by atoms with van der Waals surface area (Å²) in [5.74, 6) is 1.67. The standard InChI is InChI=1S/C24H28N6O/c1-15-21(16(2)31-29-15)18-12-20-22(27-13-18)28-23(24(26)10-8-19(25)9-11-24)30(20)14-17-6-4-3-5-7-17/h3-7,12-13,19H,8-11,14,25-26H2,1-2H3. The second kappa shape index (κ2) is 7.59. The normalized spacial score (nSPS) is 21.6. The minimum Gasteiger partial charge on any atom is -0.361 e. The number of hydrogen-bond donors (Lipinski definition) is 2. The van der Waals surface area contributed by atoms with E-state index in [9.17, 15) is 0 Å². The zero-order chi connectivity index (χ0) is 21.6. The second-order valence-corrected chi connectivity index (χ2v) is 8.77. The van der Waals surface area contributed by atoms with E-state index < -0.39 is 5.54 Å². The Morgan fingerprint density at radius 1 is 1.16 bits per heavy atom. The molecule has 1 fully saturated rings. The Morgan fingerprint density at radius 2 is 1.90 bits per heavy atom. The van der Waals surface area contributed by atoms with Gasteiger partial charge in [-0.1, -0.05) is 35.5 Å². The van der Waals surface area contributed by atoms with Gasteiger partial charge in [0.1, 0.15) is 11.6 Å². The summed E-state index contributed by atoms with van der Waals surface area (Å²) in [6.45, 7) is 4.56. The summed E-state index contributed by atoms with van der Waals surface area (Å²) in [4.78, 5) is 9.65. The summed E-state index contributed by atoms with van der Waals surface area (Å²) in [7, 11) is 0. The topological polar surface area (TPSA) is 109 Å². The molecular formula is C24H28N6O. The van der Waals surface area contributed by atoms with E-state index in [0.29, 0.717) is 12.2 Å². The van der Waals surface area contributed by atoms with Crippen LogP contribution in [0.4, 0.5) is 0 Å². The fourth-order valence-electron chi connectivity index (χ4n) is 4.72. The molecule has 4 N–H and O–H groups in total. The lowest BCUT2D eigenvalue weighted by atomic mass is 9.79. The van der Waals surface area contributed by atoms with Crippen molar-refractivity contribution in [1.29, 1.82) is 0 Å². The lowest BCUT2D eigenvalue weighted by Gasteiger charge is -2.35. The molecular weight excluding hydrogens is 388 g/mol. The number of aromatic nitrogens is 4. The first-order valence-corrected chi connectivity index (χ1v) is 10.8. The van der Waals surface area contributed by atoms with Gasteiger partial charge in [-0.25, -0.2) is 9.97 Å². The first-order chi connectivity index (χ1) is 14.9. The van der Waals surface area contributed by atoms with E-state index in [1.165, 1.54) is 5.56 Å². The van der Waals surface area contributed by atoms with E-state index in [1.807, 2.05) is 26.1 Å². The summed E-state index contributed by atoms with van der Waals surface area (Å²) in [6.07, 6.45) is 5.30. The van der Waals surface area contributed by atoms with Crippen molar-refractivity contribution in [3.8, 4) is 11.1 Å². The molecule has 0 amide bonds. The van der Waals surface area contributed by atoms with Gasteiger partial charge in [-0.15, -0.1) is 0 Å². The number of nitrogens with two attached hydrogens (primary N) is 2. The zero-order valence-corrected chi connectivity index (χ0v) is 18.0. The van der Waals surface area contributed by atoms with E-state index in [2.05, 4.69) is 40.1 Å². The fraction of sp³-hybridized carbons (Fsp3) is 0.375. The van der Waals surface area contributed by atoms with Crippen molar-refractivity contribution in [3.63, 3.8) is 0 Å². The van der Waals surface area contributed by atoms with Gasteiger partial charge in [-0.05, 0) is 51.2 Å². The van der Waals surface area contributed by atoms with Gasteiger partial charge in [-0.2, -0.15) is 0 Å². The van der Waals surface area contributed by atoms with Crippen LogP contribution in [-0.2, 0) is 12.1 Å². The van der Waals surface area contributed by atoms with E-state index >= 15 is 0 Å². The number of imidazole rings is 1. The molecule has 4 aromatic rings. The summed E-state index contributed by atoms with van der Waals surface area (Å²) in [5.41, 5.74) is 18.3. The predicted octanol–water partition coefficient (Wildman–Crippen LogP) is 3.81. The third kappa shape index (κ3) is 3.54. The Labute approximate surface area is 181 Å². The average Bonchev–Trinajstić information content (AvgIpc) is 3.31. The monoisotopic (exact) mass is 416 g/mol. The van der Waals surface area contributed by atoms with Crippen molar-refractivity contribution in [2.45, 2.75) is 57.7 Å². The molecule has 1 aliphatic carbocycles. The molecule has 3 heterocycles. The molecule has 1 aliphatic rings. The highest BCUT2D eigenvalue weighted by Crippen LogP contribution is 2.37. The lowest BCUT2D eigenvalue weighted by Crippen LogP contribution is -2.45. The molecule has 3 aromatic heterocycles. The smallest absolute Gasteiger partial charge is 0.178 e. The number of rotatable bonds is 4. The van der Waals surface area contributed by atoms with E-state index in [0.717, 1.165) is 59.6 Å². The number of nitrogens with zero attached hydrogens (tertiary/aromatic N) is 4. The molecule has 0 aliphatic heterocycles. The van der Waals surface area contributed by atoms with Crippen molar-refractivity contribution in [3.05, 3.63) is 65.4 Å². The maximum absolute atomic E-state index is 6.95. The highest BCUT2D eigenvalue weighted by molar-refractivity contribution is 5.80. The van der Waals surface area contributed by atoms with Crippen molar-refractivity contribution < 1.29 is 4.52 Å². The van der Waals surface area contributed by atoms with Crippen LogP contribution in [0, 0.1) is 13.8 Å². The number of aryl methyl sites for hydroxylation is 2. The number of hydrogen-bond acceptors (Lipinski definition) is 6. The quantitative estimate of drug-likeness (QED) is 0.524. The first kappa shape index (κ1) is 19.9. The van der Waals surface area contributed by atoms with Gasteiger partial charge in [-0.3, -0.25) is 0 Å². The Balaban J connectivity index is 1.68. The predicted molar refractivity (Wildman–Crippen MR) is 120 cm³/mol. The van der Waals surface area contributed by atoms with Crippen molar-refractivity contribution >= 4 is 11.2 Å². The largest absolute Gasteiger partial charge is 0.361 e. The van der Waals surface area contributed by atoms with Crippen LogP contribution in [0.2, 0.25) is 0 Å². The van der Waals surface area contributed by atoms with Crippen LogP contribution in [0.25, 0.3) is 22.3 Å². The van der Waals surface area contributed by atoms with Crippen LogP contribution < -0.4 is 11.5 Å². The van der Waals surface area contributed by atoms with Crippen LogP contribution in [0.5, 0.6) is 0 Å². The third-order valence-corrected chi connectivity index (χ3v) is 6.48. The van der Waals surface area contributed by atoms with Gasteiger partial charge in [0.15, 0.2) is 5.65 Å². The maximum Gasteiger partial charge on any atom is 0.178 e. The van der Waals surface area contributed by atoms with Crippen LogP contribution >= 0.6 is 0 Å². The average molecular weight is 417 g/mol. The Hall–Kier alpha value is -3.03. The Morgan fingerprint density at radius 3 is 2.58 bits per heavy atom. The summed E-state index contributed by atoms with van der Waals surface area (Å²) in [6, 6.07) is 12.7. The van der Waals surface area contributed by atoms with Crippen molar-refractivity contribution in [2.75, 3.05) is 0 Å². The van der Waals surface area contributed by atoms with Gasteiger partial charge < -0.3 is 20.6 Å². The first-order valence-electron chi connectivity index (χ1n) is 10.8. The number of pyridine rings is 1. The molecule has 0 radical (unpaired) electrons. The highest BCUT2D eigenvalue weighted by Gasteiger charge is 2.37. The minimum absolute atomic E-state index is 0.216. The SMILES string of the molecule is Cc1noc(C)c1-c1cnc2nc(C3(N)CCC(N)CC3)n(Cc3ccccc3)c2c1. The Kier molecular flexibility index (Phi) is 4.87. The van der Waals surface area contributed by atoms with Crippen LogP contribution in [0.15, 0.2) is 47.1 Å². The molecule has 0 atom stereocenters. The van der Waals surface area contributed by atoms with E-state index in [1.54, 1.807) is 0 Å². The van der Waals surface area contributed by atoms with Crippen LogP contribution in [-0.4, -0.2) is 25.7 Å². The molecule has 0 spiro atoms. The molecule has 0 saturated heterocycles. The summed E-state index contributed by atoms with van der Waals surface area (Å²) < 4.78 is 7.61. The van der Waals surface area contributed by atoms with Crippen molar-refractivity contribution in [1.82, 2.24) is 19.7 Å². The second-order valence-electron chi connectivity index (χ2n) is 8.77. The van der Waals surface area contributed by atoms with Gasteiger partial charge in [0.2, 0.25) is 0 Å². The molecule has 160 valence electrons. The van der Waals surface area contributed by atoms with Crippen LogP contribution in [0.1, 0.15) is 48.5 Å². The molecule has 7 heteroatoms. The van der Waals surface area contributed by atoms with Gasteiger partial charge >= 0.3 is 0 Å². The molecule has 1 aromatic carbocycles. The molecule has 0 bridgehead atoms. The summed E-state index contributed by atoms with van der Waals surface area (Å²) >= 11 is 0. The minimum atomic E-state index is -0.505. The number of benzene rings is 1. The lowest BCUT2D eigenvalue weighted by molar-refractivity contribution is 0.259. The van der Waals surface area contributed by atoms with Crippen LogP contribution in [0.3, 0.4) is 0 Å². The van der Waals surface area contributed by atoms with E-state index in [4.69, 9.17) is 26.0 Å². The Bertz CT molecular complexity index is 1200. The highest BCUT2D eigenvalue weighted by atomic mass is 16.5. The molecule has 31 heavy (non-hydrogen) atoms. The zero-order valence-electron chi connectivity index (χ0n) is 18.0. The molecule has 5 rings (SSSR count). The van der Waals surface area contributed by atoms with Gasteiger partial charge in [0.25, 0.3) is 0 Å².